The van der Waals surface area contributed by atoms with Crippen molar-refractivity contribution in [3.05, 3.63) is 24.3 Å². The van der Waals surface area contributed by atoms with E-state index in [9.17, 15) is 0 Å². The largest absolute Gasteiger partial charge is 0.481 e. The van der Waals surface area contributed by atoms with E-state index < -0.39 is 5.97 Å². The molecule has 0 spiro atoms. The summed E-state index contributed by atoms with van der Waals surface area (Å²) in [6.07, 6.45) is 6.27. The number of hydrogen-bond acceptors (Lipinski definition) is 3. The van der Waals surface area contributed by atoms with E-state index >= 15 is 0 Å². The summed E-state index contributed by atoms with van der Waals surface area (Å²) in [6, 6.07) is 1.88. The van der Waals surface area contributed by atoms with Crippen LogP contribution in [0, 0.1) is 11.3 Å². The van der Waals surface area contributed by atoms with Gasteiger partial charge in [-0.1, -0.05) is 0 Å². The second kappa shape index (κ2) is 6.61. The summed E-state index contributed by atoms with van der Waals surface area (Å²) in [5.41, 5.74) is 0.844. The van der Waals surface area contributed by atoms with E-state index in [2.05, 4.69) is 9.97 Å². The third-order valence-corrected chi connectivity index (χ3v) is 0.857. The number of allylic oxidation sites excluding steroid dienone is 1. The lowest BCUT2D eigenvalue weighted by molar-refractivity contribution is -0.134. The highest BCUT2D eigenvalue weighted by Crippen LogP contribution is 1.91. The van der Waals surface area contributed by atoms with Gasteiger partial charge in [-0.2, -0.15) is 5.26 Å². The molecule has 0 aliphatic heterocycles. The van der Waals surface area contributed by atoms with Gasteiger partial charge in [-0.15, -0.1) is 0 Å². The van der Waals surface area contributed by atoms with E-state index in [1.165, 1.54) is 6.08 Å². The molecule has 0 saturated carbocycles. The molecule has 0 radical (unpaired) electrons. The molecule has 1 aromatic rings. The second-order valence-electron chi connectivity index (χ2n) is 1.99. The van der Waals surface area contributed by atoms with Gasteiger partial charge in [0.1, 0.15) is 0 Å². The van der Waals surface area contributed by atoms with Crippen LogP contribution in [0.5, 0.6) is 0 Å². The topological polar surface area (TPSA) is 89.8 Å². The van der Waals surface area contributed by atoms with Crippen LogP contribution in [0.15, 0.2) is 18.6 Å². The number of carboxylic acid groups (broad SMARTS) is 1. The average Bonchev–Trinajstić information content (AvgIpc) is 2.51. The van der Waals surface area contributed by atoms with Gasteiger partial charge in [-0.3, -0.25) is 4.79 Å². The van der Waals surface area contributed by atoms with Crippen molar-refractivity contribution >= 4 is 12.0 Å². The molecule has 0 unspecified atom stereocenters. The second-order valence-corrected chi connectivity index (χ2v) is 1.99. The lowest BCUT2D eigenvalue weighted by Gasteiger charge is -1.74. The quantitative estimate of drug-likeness (QED) is 0.630. The number of aliphatic carboxylic acids is 1. The predicted octanol–water partition coefficient (Wildman–Crippen LogP) is 1.04. The molecule has 5 nitrogen and oxygen atoms in total. The molecule has 0 aliphatic rings. The molecule has 0 fully saturated rings. The van der Waals surface area contributed by atoms with E-state index in [1.54, 1.807) is 18.6 Å². The summed E-state index contributed by atoms with van der Waals surface area (Å²) >= 11 is 0. The van der Waals surface area contributed by atoms with Gasteiger partial charge in [0.15, 0.2) is 0 Å². The van der Waals surface area contributed by atoms with E-state index in [0.717, 1.165) is 12.6 Å². The van der Waals surface area contributed by atoms with Crippen LogP contribution in [0.1, 0.15) is 12.6 Å². The number of carboxylic acids is 1. The zero-order valence-corrected chi connectivity index (χ0v) is 7.06. The Morgan fingerprint density at radius 1 is 1.85 bits per heavy atom. The number of nitrogens with zero attached hydrogens (tertiary/aromatic N) is 2. The third-order valence-electron chi connectivity index (χ3n) is 0.857. The van der Waals surface area contributed by atoms with E-state index in [0.29, 0.717) is 0 Å². The van der Waals surface area contributed by atoms with Crippen LogP contribution in [0.2, 0.25) is 0 Å². The van der Waals surface area contributed by atoms with Gasteiger partial charge >= 0.3 is 0 Å². The molecule has 13 heavy (non-hydrogen) atoms. The molecule has 1 aromatic heterocycles. The van der Waals surface area contributed by atoms with Gasteiger partial charge in [0, 0.05) is 13.0 Å². The van der Waals surface area contributed by atoms with Crippen molar-refractivity contribution in [2.24, 2.45) is 0 Å². The van der Waals surface area contributed by atoms with Crippen molar-refractivity contribution < 1.29 is 9.90 Å². The molecule has 1 heterocycles. The first kappa shape index (κ1) is 10.9. The van der Waals surface area contributed by atoms with E-state index in [4.69, 9.17) is 15.2 Å². The smallest absolute Gasteiger partial charge is 0.300 e. The molecule has 68 valence electrons. The zero-order valence-electron chi connectivity index (χ0n) is 7.06. The van der Waals surface area contributed by atoms with Gasteiger partial charge < -0.3 is 10.1 Å². The van der Waals surface area contributed by atoms with Crippen molar-refractivity contribution in [3.63, 3.8) is 0 Å². The van der Waals surface area contributed by atoms with Crippen LogP contribution in [-0.2, 0) is 4.79 Å². The predicted molar refractivity (Wildman–Crippen MR) is 46.5 cm³/mol. The highest BCUT2D eigenvalue weighted by atomic mass is 16.4. The molecule has 0 aliphatic carbocycles. The standard InChI is InChI=1S/C6H5N3.C2H4O2/c7-3-1-2-6-4-8-5-9-6;1-2(3)4/h1-2,4-5H,(H,8,9);1H3,(H,3,4)/b2-1+;. The van der Waals surface area contributed by atoms with Crippen molar-refractivity contribution in [2.45, 2.75) is 6.92 Å². The first-order chi connectivity index (χ1) is 6.16. The molecule has 0 aromatic carbocycles. The molecular formula is C8H9N3O2. The normalized spacial score (nSPS) is 8.62. The fourth-order valence-electron chi connectivity index (χ4n) is 0.485. The summed E-state index contributed by atoms with van der Waals surface area (Å²) in [5, 5.41) is 15.5. The van der Waals surface area contributed by atoms with Crippen LogP contribution < -0.4 is 0 Å². The van der Waals surface area contributed by atoms with Crippen LogP contribution in [-0.4, -0.2) is 21.0 Å². The molecule has 5 heteroatoms. The minimum Gasteiger partial charge on any atom is -0.481 e. The number of H-pyrrole nitrogens is 1. The van der Waals surface area contributed by atoms with Crippen molar-refractivity contribution in [3.8, 4) is 6.07 Å². The summed E-state index contributed by atoms with van der Waals surface area (Å²) in [4.78, 5) is 15.6. The molecular weight excluding hydrogens is 170 g/mol. The Kier molecular flexibility index (Phi) is 5.55. The van der Waals surface area contributed by atoms with Crippen LogP contribution in [0.4, 0.5) is 0 Å². The SMILES string of the molecule is CC(=O)O.N#C/C=C/c1cnc[nH]1. The summed E-state index contributed by atoms with van der Waals surface area (Å²) in [5.74, 6) is -0.833. The first-order valence-electron chi connectivity index (χ1n) is 3.41. The van der Waals surface area contributed by atoms with E-state index in [-0.39, 0.29) is 0 Å². The molecule has 0 amide bonds. The van der Waals surface area contributed by atoms with Gasteiger partial charge in [-0.25, -0.2) is 4.98 Å². The minimum absolute atomic E-state index is 0.833. The zero-order chi connectivity index (χ0) is 10.1. The lowest BCUT2D eigenvalue weighted by atomic mass is 10.4. The number of carbonyl (C=O) groups is 1. The number of imidazole rings is 1. The maximum atomic E-state index is 9.00. The number of aromatic amines is 1. The summed E-state index contributed by atoms with van der Waals surface area (Å²) in [7, 11) is 0. The molecule has 0 atom stereocenters. The Morgan fingerprint density at radius 2 is 2.46 bits per heavy atom. The third kappa shape index (κ3) is 7.81. The van der Waals surface area contributed by atoms with Crippen LogP contribution >= 0.6 is 0 Å². The molecule has 1 rings (SSSR count). The van der Waals surface area contributed by atoms with E-state index in [1.807, 2.05) is 6.07 Å². The average molecular weight is 179 g/mol. The van der Waals surface area contributed by atoms with Crippen molar-refractivity contribution in [2.75, 3.05) is 0 Å². The molecule has 2 N–H and O–H groups in total. The fourth-order valence-corrected chi connectivity index (χ4v) is 0.485. The van der Waals surface area contributed by atoms with Gasteiger partial charge in [0.2, 0.25) is 0 Å². The monoisotopic (exact) mass is 179 g/mol. The van der Waals surface area contributed by atoms with Gasteiger partial charge in [-0.05, 0) is 6.08 Å². The number of hydrogen-bond donors (Lipinski definition) is 2. The maximum Gasteiger partial charge on any atom is 0.300 e. The molecule has 0 saturated heterocycles. The van der Waals surface area contributed by atoms with Crippen LogP contribution in [0.25, 0.3) is 6.08 Å². The number of aromatic nitrogens is 2. The Bertz CT molecular complexity index is 305. The highest BCUT2D eigenvalue weighted by molar-refractivity contribution is 5.62. The molecule has 0 bridgehead atoms. The number of nitriles is 1. The van der Waals surface area contributed by atoms with Crippen molar-refractivity contribution in [1.29, 1.82) is 5.26 Å². The van der Waals surface area contributed by atoms with Gasteiger partial charge in [0.25, 0.3) is 5.97 Å². The Morgan fingerprint density at radius 3 is 2.85 bits per heavy atom. The van der Waals surface area contributed by atoms with Gasteiger partial charge in [0.05, 0.1) is 24.3 Å². The lowest BCUT2D eigenvalue weighted by Crippen LogP contribution is -1.78. The van der Waals surface area contributed by atoms with Crippen LogP contribution in [0.3, 0.4) is 0 Å². The number of nitrogens with one attached hydrogen (secondary N) is 1. The fraction of sp³-hybridized carbons (Fsp3) is 0.125. The van der Waals surface area contributed by atoms with Crippen molar-refractivity contribution in [1.82, 2.24) is 9.97 Å². The Hall–Kier alpha value is -2.09. The minimum atomic E-state index is -0.833. The Labute approximate surface area is 75.3 Å². The highest BCUT2D eigenvalue weighted by Gasteiger charge is 1.81. The Balaban J connectivity index is 0.000000310. The number of rotatable bonds is 1. The summed E-state index contributed by atoms with van der Waals surface area (Å²) in [6.45, 7) is 1.08. The summed E-state index contributed by atoms with van der Waals surface area (Å²) < 4.78 is 0. The maximum absolute atomic E-state index is 9.00. The first-order valence-corrected chi connectivity index (χ1v) is 3.41.